The van der Waals surface area contributed by atoms with Crippen LogP contribution in [0.25, 0.3) is 0 Å². The number of nitrogens with zero attached hydrogens (tertiary/aromatic N) is 1. The van der Waals surface area contributed by atoms with Crippen molar-refractivity contribution in [3.05, 3.63) is 47.4 Å². The van der Waals surface area contributed by atoms with Crippen LogP contribution in [-0.4, -0.2) is 44.4 Å². The van der Waals surface area contributed by atoms with Gasteiger partial charge < -0.3 is 14.5 Å². The van der Waals surface area contributed by atoms with Crippen LogP contribution in [0.5, 0.6) is 5.75 Å². The predicted octanol–water partition coefficient (Wildman–Crippen LogP) is 3.13. The van der Waals surface area contributed by atoms with Gasteiger partial charge in [0, 0.05) is 25.7 Å². The number of hydrogen-bond donors (Lipinski definition) is 1. The Morgan fingerprint density at radius 1 is 1.21 bits per heavy atom. The Labute approximate surface area is 172 Å². The highest BCUT2D eigenvalue weighted by atomic mass is 32.2. The molecule has 1 fully saturated rings. The molecule has 1 aliphatic heterocycles. The fourth-order valence-electron chi connectivity index (χ4n) is 3.32. The van der Waals surface area contributed by atoms with Crippen LogP contribution < -0.4 is 10.1 Å². The molecule has 8 heteroatoms. The van der Waals surface area contributed by atoms with E-state index < -0.39 is 15.9 Å². The Kier molecular flexibility index (Phi) is 6.64. The third kappa shape index (κ3) is 5.19. The molecular weight excluding hydrogens is 392 g/mol. The van der Waals surface area contributed by atoms with Crippen LogP contribution in [0.2, 0.25) is 0 Å². The largest absolute Gasteiger partial charge is 0.491 e. The molecule has 7 nitrogen and oxygen atoms in total. The zero-order valence-electron chi connectivity index (χ0n) is 17.1. The summed E-state index contributed by atoms with van der Waals surface area (Å²) in [6, 6.07) is 9.06. The number of furan rings is 1. The van der Waals surface area contributed by atoms with Gasteiger partial charge >= 0.3 is 0 Å². The van der Waals surface area contributed by atoms with Crippen molar-refractivity contribution in [1.82, 2.24) is 9.62 Å². The normalized spacial score (nSPS) is 15.0. The van der Waals surface area contributed by atoms with Crippen LogP contribution >= 0.6 is 0 Å². The highest BCUT2D eigenvalue weighted by Gasteiger charge is 2.31. The number of aryl methyl sites for hydroxylation is 1. The van der Waals surface area contributed by atoms with Crippen molar-refractivity contribution in [2.45, 2.75) is 51.0 Å². The lowest BCUT2D eigenvalue weighted by molar-refractivity contribution is 0.0925. The standard InChI is InChI=1S/C21H28N2O5S/c1-15(2)27-18-8-6-17(7-9-18)10-11-22-21(24)19-14-20(16(3)28-19)29(25,26)23-12-4-5-13-23/h6-9,14-15H,4-5,10-13H2,1-3H3,(H,22,24). The molecule has 2 heterocycles. The van der Waals surface area contributed by atoms with Crippen LogP contribution in [-0.2, 0) is 16.4 Å². The molecule has 158 valence electrons. The predicted molar refractivity (Wildman–Crippen MR) is 110 cm³/mol. The van der Waals surface area contributed by atoms with Gasteiger partial charge in [0.15, 0.2) is 5.76 Å². The van der Waals surface area contributed by atoms with E-state index in [1.165, 1.54) is 10.4 Å². The van der Waals surface area contributed by atoms with E-state index in [2.05, 4.69) is 5.32 Å². The van der Waals surface area contributed by atoms with Gasteiger partial charge in [-0.25, -0.2) is 8.42 Å². The van der Waals surface area contributed by atoms with Gasteiger partial charge in [0.25, 0.3) is 5.91 Å². The van der Waals surface area contributed by atoms with E-state index in [9.17, 15) is 13.2 Å². The number of benzene rings is 1. The Morgan fingerprint density at radius 2 is 1.86 bits per heavy atom. The minimum Gasteiger partial charge on any atom is -0.491 e. The molecule has 1 aromatic heterocycles. The molecule has 2 aromatic rings. The number of amides is 1. The van der Waals surface area contributed by atoms with E-state index in [0.29, 0.717) is 26.1 Å². The summed E-state index contributed by atoms with van der Waals surface area (Å²) in [5.41, 5.74) is 1.06. The van der Waals surface area contributed by atoms with Gasteiger partial charge in [-0.3, -0.25) is 4.79 Å². The smallest absolute Gasteiger partial charge is 0.287 e. The van der Waals surface area contributed by atoms with Crippen LogP contribution in [0.4, 0.5) is 0 Å². The van der Waals surface area contributed by atoms with E-state index in [-0.39, 0.29) is 22.5 Å². The molecule has 0 spiro atoms. The minimum atomic E-state index is -3.61. The van der Waals surface area contributed by atoms with Crippen molar-refractivity contribution in [1.29, 1.82) is 0 Å². The van der Waals surface area contributed by atoms with Gasteiger partial charge in [-0.1, -0.05) is 12.1 Å². The molecule has 1 amide bonds. The third-order valence-corrected chi connectivity index (χ3v) is 6.78. The molecule has 0 saturated carbocycles. The number of carbonyl (C=O) groups is 1. The second-order valence-corrected chi connectivity index (χ2v) is 9.37. The summed E-state index contributed by atoms with van der Waals surface area (Å²) in [5.74, 6) is 0.644. The van der Waals surface area contributed by atoms with Crippen molar-refractivity contribution in [3.8, 4) is 5.75 Å². The van der Waals surface area contributed by atoms with Gasteiger partial charge in [0.1, 0.15) is 16.4 Å². The maximum Gasteiger partial charge on any atom is 0.287 e. The van der Waals surface area contributed by atoms with Crippen molar-refractivity contribution in [3.63, 3.8) is 0 Å². The molecule has 0 atom stereocenters. The van der Waals surface area contributed by atoms with Crippen molar-refractivity contribution < 1.29 is 22.4 Å². The summed E-state index contributed by atoms with van der Waals surface area (Å²) < 4.78 is 37.9. The molecular formula is C21H28N2O5S. The first kappa shape index (κ1) is 21.4. The lowest BCUT2D eigenvalue weighted by atomic mass is 10.1. The Morgan fingerprint density at radius 3 is 2.48 bits per heavy atom. The fraction of sp³-hybridized carbons (Fsp3) is 0.476. The summed E-state index contributed by atoms with van der Waals surface area (Å²) in [6.45, 7) is 6.95. The second-order valence-electron chi connectivity index (χ2n) is 7.46. The van der Waals surface area contributed by atoms with Crippen LogP contribution in [0.3, 0.4) is 0 Å². The van der Waals surface area contributed by atoms with Gasteiger partial charge in [0.2, 0.25) is 10.0 Å². The molecule has 1 aliphatic rings. The molecule has 0 aliphatic carbocycles. The maximum absolute atomic E-state index is 12.7. The Hall–Kier alpha value is -2.32. The average molecular weight is 421 g/mol. The zero-order valence-corrected chi connectivity index (χ0v) is 17.9. The lowest BCUT2D eigenvalue weighted by Gasteiger charge is -2.14. The van der Waals surface area contributed by atoms with Gasteiger partial charge in [-0.2, -0.15) is 4.31 Å². The van der Waals surface area contributed by atoms with E-state index in [0.717, 1.165) is 24.2 Å². The maximum atomic E-state index is 12.7. The first-order valence-electron chi connectivity index (χ1n) is 9.92. The monoisotopic (exact) mass is 420 g/mol. The van der Waals surface area contributed by atoms with Crippen LogP contribution in [0, 0.1) is 6.92 Å². The van der Waals surface area contributed by atoms with Crippen molar-refractivity contribution >= 4 is 15.9 Å². The SMILES string of the molecule is Cc1oc(C(=O)NCCc2ccc(OC(C)C)cc2)cc1S(=O)(=O)N1CCCC1. The molecule has 29 heavy (non-hydrogen) atoms. The highest BCUT2D eigenvalue weighted by Crippen LogP contribution is 2.26. The number of ether oxygens (including phenoxy) is 1. The minimum absolute atomic E-state index is 0.0148. The van der Waals surface area contributed by atoms with Gasteiger partial charge in [-0.15, -0.1) is 0 Å². The number of rotatable bonds is 8. The van der Waals surface area contributed by atoms with Gasteiger partial charge in [0.05, 0.1) is 6.10 Å². The molecule has 0 unspecified atom stereocenters. The summed E-state index contributed by atoms with van der Waals surface area (Å²) in [4.78, 5) is 12.5. The molecule has 1 saturated heterocycles. The number of carbonyl (C=O) groups excluding carboxylic acids is 1. The van der Waals surface area contributed by atoms with Crippen LogP contribution in [0.15, 0.2) is 39.6 Å². The number of nitrogens with one attached hydrogen (secondary N) is 1. The molecule has 1 aromatic carbocycles. The molecule has 0 radical (unpaired) electrons. The summed E-state index contributed by atoms with van der Waals surface area (Å²) in [6.07, 6.45) is 2.48. The molecule has 1 N–H and O–H groups in total. The lowest BCUT2D eigenvalue weighted by Crippen LogP contribution is -2.28. The quantitative estimate of drug-likeness (QED) is 0.709. The zero-order chi connectivity index (χ0) is 21.0. The summed E-state index contributed by atoms with van der Waals surface area (Å²) in [7, 11) is -3.61. The van der Waals surface area contributed by atoms with Gasteiger partial charge in [-0.05, 0) is 57.7 Å². The highest BCUT2D eigenvalue weighted by molar-refractivity contribution is 7.89. The average Bonchev–Trinajstić information content (AvgIpc) is 3.33. The van der Waals surface area contributed by atoms with E-state index in [1.807, 2.05) is 38.1 Å². The topological polar surface area (TPSA) is 88.8 Å². The molecule has 0 bridgehead atoms. The fourth-order valence-corrected chi connectivity index (χ4v) is 4.99. The van der Waals surface area contributed by atoms with Crippen molar-refractivity contribution in [2.75, 3.05) is 19.6 Å². The number of hydrogen-bond acceptors (Lipinski definition) is 5. The summed E-state index contributed by atoms with van der Waals surface area (Å²) >= 11 is 0. The Bertz CT molecular complexity index is 942. The van der Waals surface area contributed by atoms with Crippen LogP contribution in [0.1, 0.15) is 48.6 Å². The van der Waals surface area contributed by atoms with Crippen molar-refractivity contribution in [2.24, 2.45) is 0 Å². The second kappa shape index (κ2) is 9.00. The first-order chi connectivity index (χ1) is 13.8. The van der Waals surface area contributed by atoms with E-state index >= 15 is 0 Å². The molecule has 3 rings (SSSR count). The Balaban J connectivity index is 1.57. The third-order valence-electron chi connectivity index (χ3n) is 4.77. The summed E-state index contributed by atoms with van der Waals surface area (Å²) in [5, 5.41) is 2.78. The van der Waals surface area contributed by atoms with E-state index in [1.54, 1.807) is 6.92 Å². The number of sulfonamides is 1. The van der Waals surface area contributed by atoms with E-state index in [4.69, 9.17) is 9.15 Å². The first-order valence-corrected chi connectivity index (χ1v) is 11.4.